The zero-order valence-electron chi connectivity index (χ0n) is 16.2. The molecular weight excluding hydrogens is 424 g/mol. The highest BCUT2D eigenvalue weighted by Gasteiger charge is 2.29. The first-order valence-electron chi connectivity index (χ1n) is 9.53. The Balaban J connectivity index is 1.86. The van der Waals surface area contributed by atoms with E-state index < -0.39 is 15.6 Å². The Morgan fingerprint density at radius 1 is 1.27 bits per heavy atom. The lowest BCUT2D eigenvalue weighted by atomic mass is 10.2. The van der Waals surface area contributed by atoms with Gasteiger partial charge in [-0.15, -0.1) is 15.7 Å². The summed E-state index contributed by atoms with van der Waals surface area (Å²) in [4.78, 5) is 13.2. The van der Waals surface area contributed by atoms with Crippen LogP contribution in [0.4, 0.5) is 5.69 Å². The predicted octanol–water partition coefficient (Wildman–Crippen LogP) is 3.74. The van der Waals surface area contributed by atoms with E-state index in [1.54, 1.807) is 35.9 Å². The van der Waals surface area contributed by atoms with Gasteiger partial charge in [0.2, 0.25) is 0 Å². The van der Waals surface area contributed by atoms with Gasteiger partial charge in [-0.05, 0) is 36.4 Å². The maximum atomic E-state index is 13.2. The lowest BCUT2D eigenvalue weighted by molar-refractivity contribution is 0.479. The summed E-state index contributed by atoms with van der Waals surface area (Å²) < 4.78 is 30.6. The molecule has 4 rings (SSSR count). The van der Waals surface area contributed by atoms with Gasteiger partial charge in [0, 0.05) is 6.21 Å². The van der Waals surface area contributed by atoms with Crippen LogP contribution in [0, 0.1) is 0 Å². The summed E-state index contributed by atoms with van der Waals surface area (Å²) in [5, 5.41) is 19.7. The average Bonchev–Trinajstić information content (AvgIpc) is 3.20. The Bertz CT molecular complexity index is 1340. The van der Waals surface area contributed by atoms with Gasteiger partial charge in [0.25, 0.3) is 15.6 Å². The van der Waals surface area contributed by atoms with Gasteiger partial charge in [0.15, 0.2) is 11.6 Å². The molecule has 0 unspecified atom stereocenters. The van der Waals surface area contributed by atoms with Crippen LogP contribution in [-0.4, -0.2) is 30.3 Å². The van der Waals surface area contributed by atoms with Crippen molar-refractivity contribution in [2.45, 2.75) is 37.5 Å². The Labute approximate surface area is 177 Å². The molecule has 1 aliphatic heterocycles. The van der Waals surface area contributed by atoms with Gasteiger partial charge in [0.05, 0.1) is 15.9 Å². The molecular formula is C20H20N4O4S2. The maximum absolute atomic E-state index is 13.2. The van der Waals surface area contributed by atoms with E-state index in [0.717, 1.165) is 19.3 Å². The number of rotatable bonds is 6. The number of hydrogen-bond acceptors (Lipinski definition) is 7. The van der Waals surface area contributed by atoms with E-state index in [1.807, 2.05) is 0 Å². The number of thiophene rings is 1. The summed E-state index contributed by atoms with van der Waals surface area (Å²) in [6.07, 6.45) is 5.47. The molecule has 1 aliphatic rings. The van der Waals surface area contributed by atoms with Gasteiger partial charge in [0.1, 0.15) is 10.5 Å². The lowest BCUT2D eigenvalue weighted by Crippen LogP contribution is -2.31. The second-order valence-corrected chi connectivity index (χ2v) is 9.29. The fourth-order valence-corrected chi connectivity index (χ4v) is 5.20. The van der Waals surface area contributed by atoms with Crippen molar-refractivity contribution in [1.82, 2.24) is 4.68 Å². The molecule has 0 saturated heterocycles. The number of nitrogens with zero attached hydrogens (tertiary/aromatic N) is 3. The summed E-state index contributed by atoms with van der Waals surface area (Å²) in [5.41, 5.74) is -0.125. The molecule has 2 aromatic heterocycles. The standard InChI is InChI=1S/C20H20N4O4S2/c1-2-3-4-7-11-21-24-14-10-12-29-18(14)17(25)16(20(24)26)19-22-13-8-5-6-9-15(13)30(27,28)23-19/h5-6,8-12,25H,2-4,7H2,1H3,(H,22,23). The van der Waals surface area contributed by atoms with Crippen molar-refractivity contribution in [2.75, 3.05) is 5.32 Å². The zero-order chi connectivity index (χ0) is 21.3. The minimum atomic E-state index is -4.02. The van der Waals surface area contributed by atoms with Crippen molar-refractivity contribution in [3.63, 3.8) is 0 Å². The number of aromatic hydroxyl groups is 1. The summed E-state index contributed by atoms with van der Waals surface area (Å²) in [7, 11) is -4.02. The fourth-order valence-electron chi connectivity index (χ4n) is 3.25. The monoisotopic (exact) mass is 444 g/mol. The number of nitrogens with one attached hydrogen (secondary N) is 1. The molecule has 0 amide bonds. The summed E-state index contributed by atoms with van der Waals surface area (Å²) in [6.45, 7) is 2.10. The zero-order valence-corrected chi connectivity index (χ0v) is 17.8. The molecule has 0 fully saturated rings. The third kappa shape index (κ3) is 3.52. The molecule has 1 aromatic carbocycles. The topological polar surface area (TPSA) is 113 Å². The first-order valence-corrected chi connectivity index (χ1v) is 11.9. The molecule has 3 heterocycles. The summed E-state index contributed by atoms with van der Waals surface area (Å²) >= 11 is 1.23. The first kappa shape index (κ1) is 20.3. The predicted molar refractivity (Wildman–Crippen MR) is 120 cm³/mol. The third-order valence-electron chi connectivity index (χ3n) is 4.73. The van der Waals surface area contributed by atoms with Crippen molar-refractivity contribution >= 4 is 49.3 Å². The van der Waals surface area contributed by atoms with Gasteiger partial charge >= 0.3 is 0 Å². The number of unbranched alkanes of at least 4 members (excludes halogenated alkanes) is 3. The molecule has 3 aromatic rings. The molecule has 0 saturated carbocycles. The van der Waals surface area contributed by atoms with Gasteiger partial charge in [-0.1, -0.05) is 31.9 Å². The number of amidine groups is 1. The van der Waals surface area contributed by atoms with Crippen molar-refractivity contribution < 1.29 is 13.5 Å². The smallest absolute Gasteiger partial charge is 0.286 e. The Hall–Kier alpha value is -2.98. The van der Waals surface area contributed by atoms with E-state index in [0.29, 0.717) is 22.3 Å². The molecule has 2 N–H and O–H groups in total. The molecule has 0 aliphatic carbocycles. The van der Waals surface area contributed by atoms with Gasteiger partial charge in [-0.25, -0.2) is 0 Å². The van der Waals surface area contributed by atoms with Crippen LogP contribution in [0.2, 0.25) is 0 Å². The summed E-state index contributed by atoms with van der Waals surface area (Å²) in [5.74, 6) is -0.537. The highest BCUT2D eigenvalue weighted by molar-refractivity contribution is 7.90. The molecule has 0 radical (unpaired) electrons. The van der Waals surface area contributed by atoms with Crippen LogP contribution >= 0.6 is 11.3 Å². The normalized spacial score (nSPS) is 15.2. The molecule has 10 heteroatoms. The van der Waals surface area contributed by atoms with E-state index in [9.17, 15) is 18.3 Å². The van der Waals surface area contributed by atoms with Crippen molar-refractivity contribution in [2.24, 2.45) is 9.50 Å². The molecule has 156 valence electrons. The third-order valence-corrected chi connectivity index (χ3v) is 6.98. The number of hydrogen-bond donors (Lipinski definition) is 2. The fraction of sp³-hybridized carbons (Fsp3) is 0.250. The van der Waals surface area contributed by atoms with Gasteiger partial charge < -0.3 is 10.4 Å². The van der Waals surface area contributed by atoms with E-state index >= 15 is 0 Å². The van der Waals surface area contributed by atoms with Gasteiger partial charge in [-0.2, -0.15) is 18.2 Å². The number of benzene rings is 1. The largest absolute Gasteiger partial charge is 0.505 e. The summed E-state index contributed by atoms with van der Waals surface area (Å²) in [6, 6.07) is 7.96. The maximum Gasteiger partial charge on any atom is 0.286 e. The number of para-hydroxylation sites is 1. The van der Waals surface area contributed by atoms with Crippen LogP contribution in [-0.2, 0) is 10.0 Å². The second-order valence-electron chi connectivity index (χ2n) is 6.81. The Morgan fingerprint density at radius 2 is 2.07 bits per heavy atom. The van der Waals surface area contributed by atoms with E-state index in [1.165, 1.54) is 22.1 Å². The van der Waals surface area contributed by atoms with Crippen LogP contribution in [0.5, 0.6) is 5.75 Å². The molecule has 8 nitrogen and oxygen atoms in total. The minimum absolute atomic E-state index is 0.0136. The highest BCUT2D eigenvalue weighted by atomic mass is 32.2. The molecule has 30 heavy (non-hydrogen) atoms. The Morgan fingerprint density at radius 3 is 2.87 bits per heavy atom. The minimum Gasteiger partial charge on any atom is -0.505 e. The quantitative estimate of drug-likeness (QED) is 0.444. The number of pyridine rings is 1. The molecule has 0 spiro atoms. The highest BCUT2D eigenvalue weighted by Crippen LogP contribution is 2.34. The van der Waals surface area contributed by atoms with Crippen molar-refractivity contribution in [3.8, 4) is 5.75 Å². The van der Waals surface area contributed by atoms with Crippen LogP contribution in [0.25, 0.3) is 10.2 Å². The SMILES string of the molecule is CCCCCC=Nn1c(=O)c(C2=NS(=O)(=O)c3ccccc3N2)c(O)c2sccc21. The van der Waals surface area contributed by atoms with Crippen LogP contribution < -0.4 is 10.9 Å². The van der Waals surface area contributed by atoms with Crippen LogP contribution in [0.1, 0.15) is 38.2 Å². The van der Waals surface area contributed by atoms with Gasteiger partial charge in [-0.3, -0.25) is 4.79 Å². The lowest BCUT2D eigenvalue weighted by Gasteiger charge is -2.19. The number of fused-ring (bicyclic) bond motifs is 2. The number of sulfonamides is 1. The van der Waals surface area contributed by atoms with E-state index in [4.69, 9.17) is 0 Å². The van der Waals surface area contributed by atoms with E-state index in [2.05, 4.69) is 21.7 Å². The first-order chi connectivity index (χ1) is 14.4. The number of aromatic nitrogens is 1. The van der Waals surface area contributed by atoms with E-state index in [-0.39, 0.29) is 22.0 Å². The molecule has 0 atom stereocenters. The van der Waals surface area contributed by atoms with Crippen LogP contribution in [0.15, 0.2) is 54.9 Å². The Kier molecular flexibility index (Phi) is 5.44. The second kappa shape index (κ2) is 8.04. The number of anilines is 1. The van der Waals surface area contributed by atoms with Crippen molar-refractivity contribution in [3.05, 3.63) is 51.6 Å². The average molecular weight is 445 g/mol. The van der Waals surface area contributed by atoms with Crippen LogP contribution in [0.3, 0.4) is 0 Å². The molecule has 0 bridgehead atoms. The van der Waals surface area contributed by atoms with Crippen molar-refractivity contribution in [1.29, 1.82) is 0 Å².